The van der Waals surface area contributed by atoms with Gasteiger partial charge in [-0.15, -0.1) is 10.2 Å². The van der Waals surface area contributed by atoms with Gasteiger partial charge in [-0.25, -0.2) is 4.98 Å². The van der Waals surface area contributed by atoms with E-state index in [0.717, 1.165) is 36.8 Å². The van der Waals surface area contributed by atoms with Gasteiger partial charge in [-0.2, -0.15) is 13.2 Å². The molecule has 5 rings (SSSR count). The summed E-state index contributed by atoms with van der Waals surface area (Å²) in [5.41, 5.74) is 3.30. The number of aryl methyl sites for hydroxylation is 4. The van der Waals surface area contributed by atoms with E-state index < -0.39 is 11.7 Å². The van der Waals surface area contributed by atoms with Gasteiger partial charge in [-0.1, -0.05) is 36.4 Å². The Hall–Kier alpha value is -3.88. The molecule has 9 heteroatoms. The minimum absolute atomic E-state index is 0.285. The Morgan fingerprint density at radius 1 is 0.944 bits per heavy atom. The number of nitrogens with one attached hydrogen (secondary N) is 1. The second-order valence-electron chi connectivity index (χ2n) is 9.01. The highest BCUT2D eigenvalue weighted by Gasteiger charge is 2.30. The molecule has 0 amide bonds. The fraction of sp³-hybridized carbons (Fsp3) is 0.296. The van der Waals surface area contributed by atoms with Crippen molar-refractivity contribution in [2.45, 2.75) is 44.8 Å². The molecule has 0 saturated heterocycles. The molecule has 2 aromatic carbocycles. The molecule has 186 valence electrons. The lowest BCUT2D eigenvalue weighted by molar-refractivity contribution is -0.137. The van der Waals surface area contributed by atoms with Crippen molar-refractivity contribution in [1.82, 2.24) is 29.3 Å². The highest BCUT2D eigenvalue weighted by Crippen LogP contribution is 2.30. The Morgan fingerprint density at radius 3 is 2.58 bits per heavy atom. The number of rotatable bonds is 9. The Morgan fingerprint density at radius 2 is 1.78 bits per heavy atom. The van der Waals surface area contributed by atoms with E-state index >= 15 is 0 Å². The van der Waals surface area contributed by atoms with Crippen LogP contribution in [0.3, 0.4) is 0 Å². The summed E-state index contributed by atoms with van der Waals surface area (Å²) in [5, 5.41) is 10.1. The molecule has 0 fully saturated rings. The topological polar surface area (TPSA) is 64.3 Å². The number of H-pyrrole nitrogens is 1. The Bertz CT molecular complexity index is 1450. The number of aromatic nitrogens is 6. The van der Waals surface area contributed by atoms with Crippen LogP contribution in [0.2, 0.25) is 0 Å². The van der Waals surface area contributed by atoms with Gasteiger partial charge in [0.1, 0.15) is 11.6 Å². The van der Waals surface area contributed by atoms with Crippen LogP contribution >= 0.6 is 0 Å². The van der Waals surface area contributed by atoms with Crippen LogP contribution in [0.5, 0.6) is 0 Å². The zero-order valence-corrected chi connectivity index (χ0v) is 20.0. The van der Waals surface area contributed by atoms with Gasteiger partial charge >= 0.3 is 6.18 Å². The van der Waals surface area contributed by atoms with Crippen molar-refractivity contribution in [2.24, 2.45) is 7.05 Å². The summed E-state index contributed by atoms with van der Waals surface area (Å²) >= 11 is 0. The van der Waals surface area contributed by atoms with Crippen molar-refractivity contribution in [2.75, 3.05) is 0 Å². The van der Waals surface area contributed by atoms with E-state index in [1.165, 1.54) is 28.6 Å². The standard InChI is InChI=1S/C27H27F3N6/c1-35-17-20(23-9-2-3-10-24(23)35)11-12-25-33-34-26(36(25)13-5-8-22-16-31-18-32-22)15-19-6-4-7-21(14-19)27(28,29)30/h2-4,6-7,9-10,14,16-18H,5,8,11-13,15H2,1H3,(H,31,32). The summed E-state index contributed by atoms with van der Waals surface area (Å²) in [4.78, 5) is 7.25. The molecule has 6 nitrogen and oxygen atoms in total. The van der Waals surface area contributed by atoms with Gasteiger partial charge < -0.3 is 14.1 Å². The van der Waals surface area contributed by atoms with Crippen molar-refractivity contribution >= 4 is 10.9 Å². The zero-order chi connectivity index (χ0) is 25.1. The molecule has 3 heterocycles. The Labute approximate surface area is 206 Å². The predicted molar refractivity (Wildman–Crippen MR) is 132 cm³/mol. The maximum Gasteiger partial charge on any atom is 0.416 e. The molecule has 3 aromatic heterocycles. The minimum atomic E-state index is -4.38. The van der Waals surface area contributed by atoms with Crippen LogP contribution in [0.4, 0.5) is 13.2 Å². The molecule has 0 unspecified atom stereocenters. The fourth-order valence-electron chi connectivity index (χ4n) is 4.70. The van der Waals surface area contributed by atoms with Gasteiger partial charge in [-0.3, -0.25) is 0 Å². The number of fused-ring (bicyclic) bond motifs is 1. The van der Waals surface area contributed by atoms with Gasteiger partial charge in [0.2, 0.25) is 0 Å². The number of para-hydroxylation sites is 1. The molecule has 36 heavy (non-hydrogen) atoms. The van der Waals surface area contributed by atoms with Crippen molar-refractivity contribution in [3.05, 3.63) is 101 Å². The van der Waals surface area contributed by atoms with Crippen molar-refractivity contribution in [3.63, 3.8) is 0 Å². The number of benzene rings is 2. The van der Waals surface area contributed by atoms with Crippen LogP contribution in [0.15, 0.2) is 67.3 Å². The molecule has 0 aliphatic rings. The van der Waals surface area contributed by atoms with Gasteiger partial charge in [0.25, 0.3) is 0 Å². The van der Waals surface area contributed by atoms with Crippen LogP contribution < -0.4 is 0 Å². The third-order valence-electron chi connectivity index (χ3n) is 6.49. The van der Waals surface area contributed by atoms with Crippen molar-refractivity contribution < 1.29 is 13.2 Å². The number of hydrogen-bond donors (Lipinski definition) is 1. The van der Waals surface area contributed by atoms with Crippen LogP contribution in [0.25, 0.3) is 10.9 Å². The first kappa shape index (κ1) is 23.8. The molecule has 0 spiro atoms. The lowest BCUT2D eigenvalue weighted by Gasteiger charge is -2.12. The van der Waals surface area contributed by atoms with Crippen LogP contribution in [0.1, 0.15) is 40.5 Å². The molecular formula is C27H27F3N6. The normalized spacial score (nSPS) is 12.0. The molecule has 0 aliphatic carbocycles. The summed E-state index contributed by atoms with van der Waals surface area (Å²) in [6, 6.07) is 13.7. The van der Waals surface area contributed by atoms with E-state index in [0.29, 0.717) is 24.4 Å². The molecule has 0 atom stereocenters. The first-order valence-corrected chi connectivity index (χ1v) is 12.0. The quantitative estimate of drug-likeness (QED) is 0.295. The van der Waals surface area contributed by atoms with E-state index in [1.54, 1.807) is 12.4 Å². The largest absolute Gasteiger partial charge is 0.416 e. The highest BCUT2D eigenvalue weighted by atomic mass is 19.4. The summed E-state index contributed by atoms with van der Waals surface area (Å²) in [6.45, 7) is 0.666. The number of halogens is 3. The number of hydrogen-bond acceptors (Lipinski definition) is 3. The minimum Gasteiger partial charge on any atom is -0.351 e. The lowest BCUT2D eigenvalue weighted by atomic mass is 10.1. The van der Waals surface area contributed by atoms with E-state index in [-0.39, 0.29) is 6.42 Å². The molecule has 0 saturated carbocycles. The summed E-state index contributed by atoms with van der Waals surface area (Å²) < 4.78 is 43.9. The maximum atomic E-state index is 13.2. The average molecular weight is 493 g/mol. The zero-order valence-electron chi connectivity index (χ0n) is 20.0. The highest BCUT2D eigenvalue weighted by molar-refractivity contribution is 5.83. The molecular weight excluding hydrogens is 465 g/mol. The average Bonchev–Trinajstić information content (AvgIpc) is 3.59. The van der Waals surface area contributed by atoms with Gasteiger partial charge in [-0.05, 0) is 42.5 Å². The Kier molecular flexibility index (Phi) is 6.63. The number of imidazole rings is 1. The molecule has 0 radical (unpaired) electrons. The predicted octanol–water partition coefficient (Wildman–Crippen LogP) is 5.52. The second kappa shape index (κ2) is 10.0. The fourth-order valence-corrected chi connectivity index (χ4v) is 4.70. The second-order valence-corrected chi connectivity index (χ2v) is 9.01. The van der Waals surface area contributed by atoms with Crippen LogP contribution in [-0.4, -0.2) is 29.3 Å². The molecule has 1 N–H and O–H groups in total. The maximum absolute atomic E-state index is 13.2. The number of nitrogens with zero attached hydrogens (tertiary/aromatic N) is 5. The monoisotopic (exact) mass is 492 g/mol. The van der Waals surface area contributed by atoms with E-state index in [9.17, 15) is 13.2 Å². The van der Waals surface area contributed by atoms with Gasteiger partial charge in [0.15, 0.2) is 0 Å². The van der Waals surface area contributed by atoms with E-state index in [1.807, 2.05) is 25.4 Å². The third-order valence-corrected chi connectivity index (χ3v) is 6.49. The summed E-state index contributed by atoms with van der Waals surface area (Å²) in [6.07, 6.45) is 4.67. The van der Waals surface area contributed by atoms with E-state index in [2.05, 4.69) is 47.6 Å². The summed E-state index contributed by atoms with van der Waals surface area (Å²) in [5.74, 6) is 1.51. The molecule has 0 bridgehead atoms. The van der Waals surface area contributed by atoms with Gasteiger partial charge in [0, 0.05) is 49.7 Å². The Balaban J connectivity index is 1.38. The van der Waals surface area contributed by atoms with Gasteiger partial charge in [0.05, 0.1) is 17.6 Å². The number of aromatic amines is 1. The smallest absolute Gasteiger partial charge is 0.351 e. The first-order valence-electron chi connectivity index (χ1n) is 12.0. The first-order chi connectivity index (χ1) is 17.4. The van der Waals surface area contributed by atoms with E-state index in [4.69, 9.17) is 0 Å². The lowest BCUT2D eigenvalue weighted by Crippen LogP contribution is -2.11. The van der Waals surface area contributed by atoms with Crippen molar-refractivity contribution in [3.8, 4) is 0 Å². The van der Waals surface area contributed by atoms with Crippen molar-refractivity contribution in [1.29, 1.82) is 0 Å². The summed E-state index contributed by atoms with van der Waals surface area (Å²) in [7, 11) is 2.04. The molecule has 5 aromatic rings. The SMILES string of the molecule is Cn1cc(CCc2nnc(Cc3cccc(C(F)(F)F)c3)n2CCCc2c[nH]cn2)c2ccccc21. The third kappa shape index (κ3) is 5.19. The molecule has 0 aliphatic heterocycles. The van der Waals surface area contributed by atoms with Crippen LogP contribution in [-0.2, 0) is 45.5 Å². The van der Waals surface area contributed by atoms with Crippen LogP contribution in [0, 0.1) is 0 Å². The number of alkyl halides is 3.